The van der Waals surface area contributed by atoms with Crippen LogP contribution in [0.3, 0.4) is 0 Å². The molecule has 36 heavy (non-hydrogen) atoms. The Labute approximate surface area is 220 Å². The molecule has 5 rings (SSSR count). The first-order chi connectivity index (χ1) is 17.3. The molecule has 1 fully saturated rings. The van der Waals surface area contributed by atoms with Crippen molar-refractivity contribution in [3.05, 3.63) is 69.0 Å². The van der Waals surface area contributed by atoms with Crippen molar-refractivity contribution in [3.8, 4) is 16.5 Å². The lowest BCUT2D eigenvalue weighted by atomic mass is 10.1. The molecule has 3 N–H and O–H groups in total. The van der Waals surface area contributed by atoms with E-state index < -0.39 is 17.8 Å². The van der Waals surface area contributed by atoms with Crippen molar-refractivity contribution in [1.29, 1.82) is 0 Å². The van der Waals surface area contributed by atoms with Crippen LogP contribution in [0.5, 0.6) is 11.5 Å². The zero-order chi connectivity index (χ0) is 25.4. The van der Waals surface area contributed by atoms with Crippen molar-refractivity contribution < 1.29 is 18.7 Å². The fourth-order valence-corrected chi connectivity index (χ4v) is 5.61. The van der Waals surface area contributed by atoms with Crippen molar-refractivity contribution in [2.24, 2.45) is 5.73 Å². The van der Waals surface area contributed by atoms with Gasteiger partial charge in [-0.2, -0.15) is 0 Å². The van der Waals surface area contributed by atoms with E-state index in [4.69, 9.17) is 38.4 Å². The summed E-state index contributed by atoms with van der Waals surface area (Å²) in [6.45, 7) is 3.65. The summed E-state index contributed by atoms with van der Waals surface area (Å²) >= 11 is 13.7. The van der Waals surface area contributed by atoms with Gasteiger partial charge in [-0.1, -0.05) is 35.3 Å². The van der Waals surface area contributed by atoms with Crippen molar-refractivity contribution in [3.63, 3.8) is 0 Å². The Morgan fingerprint density at radius 2 is 2.03 bits per heavy atom. The number of piperidine rings is 1. The summed E-state index contributed by atoms with van der Waals surface area (Å²) in [6.07, 6.45) is 2.94. The first-order valence-electron chi connectivity index (χ1n) is 11.4. The molecule has 0 radical (unpaired) electrons. The Bertz CT molecular complexity index is 1430. The monoisotopic (exact) mass is 548 g/mol. The first kappa shape index (κ1) is 24.8. The van der Waals surface area contributed by atoms with Gasteiger partial charge in [0.05, 0.1) is 21.1 Å². The van der Waals surface area contributed by atoms with Crippen molar-refractivity contribution in [1.82, 2.24) is 14.9 Å². The molecular weight excluding hydrogens is 526 g/mol. The molecule has 3 heterocycles. The van der Waals surface area contributed by atoms with E-state index in [2.05, 4.69) is 10.3 Å². The zero-order valence-corrected chi connectivity index (χ0v) is 21.6. The highest BCUT2D eigenvalue weighted by Gasteiger charge is 2.23. The summed E-state index contributed by atoms with van der Waals surface area (Å²) in [5.41, 5.74) is 7.38. The SMILES string of the molecule is C[C@@H](Oc1cc(-n2cnc3cc(Cl)c(F)cc32)sc1C(N)=O)c1cccc(OC2CCNCC2)c1Cl. The standard InChI is InChI=1S/C25H23Cl2FN4O3S/c1-13(15-3-2-4-20(23(15)27)35-14-5-7-30-8-6-14)34-21-11-22(36-24(21)25(29)33)32-12-31-18-9-16(26)17(28)10-19(18)32/h2-4,9-14,30H,5-8H2,1H3,(H2,29,33)/t13-/m1/s1. The average Bonchev–Trinajstić information content (AvgIpc) is 3.45. The molecule has 1 amide bonds. The molecule has 1 atom stereocenters. The number of nitrogens with zero attached hydrogens (tertiary/aromatic N) is 2. The van der Waals surface area contributed by atoms with Crippen LogP contribution in [0.2, 0.25) is 10.0 Å². The normalized spacial score (nSPS) is 15.2. The Kier molecular flexibility index (Phi) is 7.07. The Hall–Kier alpha value is -2.85. The number of thiophene rings is 1. The highest BCUT2D eigenvalue weighted by atomic mass is 35.5. The van der Waals surface area contributed by atoms with Gasteiger partial charge in [-0.05, 0) is 45.0 Å². The highest BCUT2D eigenvalue weighted by Crippen LogP contribution is 2.39. The number of benzene rings is 2. The van der Waals surface area contributed by atoms with Gasteiger partial charge in [-0.3, -0.25) is 9.36 Å². The van der Waals surface area contributed by atoms with Gasteiger partial charge in [0.1, 0.15) is 45.7 Å². The van der Waals surface area contributed by atoms with Gasteiger partial charge >= 0.3 is 0 Å². The lowest BCUT2D eigenvalue weighted by Gasteiger charge is -2.25. The number of rotatable bonds is 7. The van der Waals surface area contributed by atoms with Gasteiger partial charge in [0.25, 0.3) is 5.91 Å². The third-order valence-electron chi connectivity index (χ3n) is 6.05. The summed E-state index contributed by atoms with van der Waals surface area (Å²) in [5, 5.41) is 4.35. The molecule has 0 bridgehead atoms. The van der Waals surface area contributed by atoms with E-state index in [0.29, 0.717) is 32.6 Å². The van der Waals surface area contributed by atoms with Crippen LogP contribution in [0, 0.1) is 5.82 Å². The fourth-order valence-electron chi connectivity index (χ4n) is 4.20. The summed E-state index contributed by atoms with van der Waals surface area (Å²) in [6, 6.07) is 9.99. The van der Waals surface area contributed by atoms with E-state index in [-0.39, 0.29) is 16.0 Å². The maximum absolute atomic E-state index is 14.1. The van der Waals surface area contributed by atoms with Crippen LogP contribution in [0.25, 0.3) is 16.0 Å². The van der Waals surface area contributed by atoms with Crippen LogP contribution in [-0.2, 0) is 0 Å². The molecular formula is C25H23Cl2FN4O3S. The van der Waals surface area contributed by atoms with Gasteiger partial charge in [-0.15, -0.1) is 11.3 Å². The summed E-state index contributed by atoms with van der Waals surface area (Å²) in [5.74, 6) is -0.305. The lowest BCUT2D eigenvalue weighted by Crippen LogP contribution is -2.34. The van der Waals surface area contributed by atoms with E-state index in [1.807, 2.05) is 25.1 Å². The number of primary amides is 1. The minimum absolute atomic E-state index is 0.0159. The first-order valence-corrected chi connectivity index (χ1v) is 13.0. The Balaban J connectivity index is 1.43. The topological polar surface area (TPSA) is 91.4 Å². The Morgan fingerprint density at radius 3 is 2.78 bits per heavy atom. The molecule has 1 aliphatic rings. The van der Waals surface area contributed by atoms with Crippen molar-refractivity contribution in [2.45, 2.75) is 32.0 Å². The number of aromatic nitrogens is 2. The molecule has 0 unspecified atom stereocenters. The van der Waals surface area contributed by atoms with E-state index in [0.717, 1.165) is 42.8 Å². The van der Waals surface area contributed by atoms with Crippen LogP contribution in [0.15, 0.2) is 42.7 Å². The molecule has 188 valence electrons. The number of imidazole rings is 1. The minimum atomic E-state index is -0.638. The average molecular weight is 549 g/mol. The third-order valence-corrected chi connectivity index (χ3v) is 7.87. The molecule has 7 nitrogen and oxygen atoms in total. The predicted octanol–water partition coefficient (Wildman–Crippen LogP) is 5.90. The van der Waals surface area contributed by atoms with Gasteiger partial charge in [-0.25, -0.2) is 9.37 Å². The number of hydrogen-bond donors (Lipinski definition) is 2. The van der Waals surface area contributed by atoms with Gasteiger partial charge in [0.15, 0.2) is 0 Å². The van der Waals surface area contributed by atoms with Crippen LogP contribution >= 0.6 is 34.5 Å². The second-order valence-corrected chi connectivity index (χ2v) is 10.3. The van der Waals surface area contributed by atoms with Gasteiger partial charge in [0, 0.05) is 17.7 Å². The second kappa shape index (κ2) is 10.3. The number of amides is 1. The quantitative estimate of drug-likeness (QED) is 0.300. The molecule has 0 spiro atoms. The van der Waals surface area contributed by atoms with Crippen LogP contribution < -0.4 is 20.5 Å². The van der Waals surface area contributed by atoms with Crippen LogP contribution in [-0.4, -0.2) is 34.7 Å². The van der Waals surface area contributed by atoms with Gasteiger partial charge < -0.3 is 20.5 Å². The third kappa shape index (κ3) is 4.88. The largest absolute Gasteiger partial charge is 0.489 e. The smallest absolute Gasteiger partial charge is 0.262 e. The number of carbonyl (C=O) groups is 1. The molecule has 4 aromatic rings. The van der Waals surface area contributed by atoms with E-state index >= 15 is 0 Å². The van der Waals surface area contributed by atoms with E-state index in [9.17, 15) is 9.18 Å². The summed E-state index contributed by atoms with van der Waals surface area (Å²) < 4.78 is 28.1. The van der Waals surface area contributed by atoms with E-state index in [1.54, 1.807) is 10.6 Å². The van der Waals surface area contributed by atoms with Crippen LogP contribution in [0.4, 0.5) is 4.39 Å². The summed E-state index contributed by atoms with van der Waals surface area (Å²) in [4.78, 5) is 16.7. The number of hydrogen-bond acceptors (Lipinski definition) is 6. The highest BCUT2D eigenvalue weighted by molar-refractivity contribution is 7.16. The number of fused-ring (bicyclic) bond motifs is 1. The molecule has 1 aliphatic heterocycles. The van der Waals surface area contributed by atoms with Gasteiger partial charge in [0.2, 0.25) is 0 Å². The number of ether oxygens (including phenoxy) is 2. The molecule has 1 saturated heterocycles. The number of carbonyl (C=O) groups excluding carboxylic acids is 1. The molecule has 2 aromatic heterocycles. The maximum Gasteiger partial charge on any atom is 0.262 e. The van der Waals surface area contributed by atoms with E-state index in [1.165, 1.54) is 18.5 Å². The number of nitrogens with two attached hydrogens (primary N) is 1. The van der Waals surface area contributed by atoms with Crippen molar-refractivity contribution in [2.75, 3.05) is 13.1 Å². The maximum atomic E-state index is 14.1. The number of nitrogens with one attached hydrogen (secondary N) is 1. The molecule has 11 heteroatoms. The molecule has 2 aromatic carbocycles. The lowest BCUT2D eigenvalue weighted by molar-refractivity contribution is 0.0998. The predicted molar refractivity (Wildman–Crippen MR) is 139 cm³/mol. The van der Waals surface area contributed by atoms with Crippen LogP contribution in [0.1, 0.15) is 41.1 Å². The van der Waals surface area contributed by atoms with Crippen molar-refractivity contribution >= 4 is 51.5 Å². The molecule has 0 aliphatic carbocycles. The number of halogens is 3. The Morgan fingerprint density at radius 1 is 1.25 bits per heavy atom. The minimum Gasteiger partial charge on any atom is -0.489 e. The zero-order valence-electron chi connectivity index (χ0n) is 19.3. The second-order valence-electron chi connectivity index (χ2n) is 8.50. The fraction of sp³-hybridized carbons (Fsp3) is 0.280. The molecule has 0 saturated carbocycles. The summed E-state index contributed by atoms with van der Waals surface area (Å²) in [7, 11) is 0.